The van der Waals surface area contributed by atoms with Gasteiger partial charge in [-0.05, 0) is 24.3 Å². The normalized spacial score (nSPS) is 23.0. The molecule has 0 unspecified atom stereocenters. The number of likely N-dealkylation sites (tertiary alicyclic amines) is 1. The number of alkyl halides is 3. The van der Waals surface area contributed by atoms with E-state index in [9.17, 15) is 27.6 Å². The number of hydrogen-bond donors (Lipinski definition) is 2. The molecular formula is C16H16F3N3O4. The van der Waals surface area contributed by atoms with Crippen molar-refractivity contribution in [3.63, 3.8) is 0 Å². The second-order valence-corrected chi connectivity index (χ2v) is 6.27. The van der Waals surface area contributed by atoms with E-state index in [-0.39, 0.29) is 5.91 Å². The lowest BCUT2D eigenvalue weighted by atomic mass is 9.96. The Hall–Kier alpha value is -2.78. The topological polar surface area (TPSA) is 89.9 Å². The minimum absolute atomic E-state index is 0.00300. The van der Waals surface area contributed by atoms with Crippen LogP contribution in [0.3, 0.4) is 0 Å². The van der Waals surface area contributed by atoms with Crippen molar-refractivity contribution in [2.24, 2.45) is 11.8 Å². The highest BCUT2D eigenvalue weighted by molar-refractivity contribution is 5.99. The number of benzene rings is 1. The molecule has 3 amide bonds. The number of amides is 3. The van der Waals surface area contributed by atoms with Crippen molar-refractivity contribution in [3.05, 3.63) is 24.3 Å². The van der Waals surface area contributed by atoms with Gasteiger partial charge in [-0.15, -0.1) is 0 Å². The molecule has 0 radical (unpaired) electrons. The van der Waals surface area contributed by atoms with Crippen molar-refractivity contribution in [2.75, 3.05) is 29.9 Å². The van der Waals surface area contributed by atoms with Gasteiger partial charge in [-0.1, -0.05) is 0 Å². The minimum Gasteiger partial charge on any atom is -0.481 e. The van der Waals surface area contributed by atoms with Crippen LogP contribution in [0, 0.1) is 11.8 Å². The van der Waals surface area contributed by atoms with E-state index in [1.54, 1.807) is 17.0 Å². The van der Waals surface area contributed by atoms with E-state index in [4.69, 9.17) is 5.11 Å². The van der Waals surface area contributed by atoms with Gasteiger partial charge < -0.3 is 20.2 Å². The van der Waals surface area contributed by atoms with Crippen LogP contribution < -0.4 is 10.2 Å². The zero-order valence-electron chi connectivity index (χ0n) is 13.5. The van der Waals surface area contributed by atoms with E-state index >= 15 is 0 Å². The molecule has 2 atom stereocenters. The number of halogens is 3. The van der Waals surface area contributed by atoms with E-state index in [1.807, 2.05) is 0 Å². The molecule has 0 bridgehead atoms. The molecule has 10 heteroatoms. The highest BCUT2D eigenvalue weighted by Crippen LogP contribution is 2.38. The van der Waals surface area contributed by atoms with Crippen LogP contribution in [-0.2, 0) is 9.59 Å². The summed E-state index contributed by atoms with van der Waals surface area (Å²) >= 11 is 0. The molecule has 2 heterocycles. The molecule has 2 N–H and O–H groups in total. The van der Waals surface area contributed by atoms with Crippen molar-refractivity contribution in [3.8, 4) is 0 Å². The summed E-state index contributed by atoms with van der Waals surface area (Å²) in [6.45, 7) is -0.591. The van der Waals surface area contributed by atoms with Crippen molar-refractivity contribution >= 4 is 29.3 Å². The van der Waals surface area contributed by atoms with Crippen molar-refractivity contribution < 1.29 is 32.7 Å². The predicted octanol–water partition coefficient (Wildman–Crippen LogP) is 2.15. The maximum absolute atomic E-state index is 13.0. The molecule has 1 aromatic carbocycles. The number of carbonyl (C=O) groups excluding carboxylic acids is 2. The van der Waals surface area contributed by atoms with Crippen LogP contribution in [0.4, 0.5) is 29.3 Å². The summed E-state index contributed by atoms with van der Waals surface area (Å²) in [5, 5.41) is 11.4. The zero-order chi connectivity index (χ0) is 19.1. The fourth-order valence-electron chi connectivity index (χ4n) is 3.07. The van der Waals surface area contributed by atoms with Gasteiger partial charge in [-0.3, -0.25) is 9.59 Å². The molecule has 140 valence electrons. The first-order valence-corrected chi connectivity index (χ1v) is 7.92. The number of carboxylic acid groups (broad SMARTS) is 1. The molecule has 2 aliphatic rings. The van der Waals surface area contributed by atoms with Gasteiger partial charge in [-0.25, -0.2) is 4.79 Å². The average molecular weight is 371 g/mol. The van der Waals surface area contributed by atoms with Gasteiger partial charge in [0.15, 0.2) is 0 Å². The maximum Gasteiger partial charge on any atom is 0.394 e. The van der Waals surface area contributed by atoms with Crippen LogP contribution in [0.1, 0.15) is 6.42 Å². The largest absolute Gasteiger partial charge is 0.481 e. The van der Waals surface area contributed by atoms with Crippen molar-refractivity contribution in [1.82, 2.24) is 4.90 Å². The quantitative estimate of drug-likeness (QED) is 0.797. The van der Waals surface area contributed by atoms with Gasteiger partial charge in [0, 0.05) is 37.4 Å². The Morgan fingerprint density at radius 3 is 2.23 bits per heavy atom. The Morgan fingerprint density at radius 1 is 1.15 bits per heavy atom. The second kappa shape index (κ2) is 6.50. The summed E-state index contributed by atoms with van der Waals surface area (Å²) in [5.74, 6) is -5.35. The third kappa shape index (κ3) is 3.44. The highest BCUT2D eigenvalue weighted by atomic mass is 19.4. The van der Waals surface area contributed by atoms with Gasteiger partial charge in [-0.2, -0.15) is 13.2 Å². The number of nitrogens with one attached hydrogen (secondary N) is 1. The molecule has 0 aliphatic carbocycles. The fraction of sp³-hybridized carbons (Fsp3) is 0.438. The standard InChI is InChI=1S/C16H16F3N3O4/c17-16(18,19)12-8-21(7-11(12)14(24)25)15(26)20-9-1-3-10(4-2-9)22-6-5-13(22)23/h1-4,11-12H,5-8H2,(H,20,26)(H,24,25)/t11-,12-/m1/s1. The average Bonchev–Trinajstić information content (AvgIpc) is 3.01. The Balaban J connectivity index is 1.64. The van der Waals surface area contributed by atoms with Crippen molar-refractivity contribution in [1.29, 1.82) is 0 Å². The summed E-state index contributed by atoms with van der Waals surface area (Å²) in [4.78, 5) is 37.0. The molecule has 3 rings (SSSR count). The fourth-order valence-corrected chi connectivity index (χ4v) is 3.07. The lowest BCUT2D eigenvalue weighted by molar-refractivity contribution is -0.187. The molecule has 0 aromatic heterocycles. The molecular weight excluding hydrogens is 355 g/mol. The number of carboxylic acids is 1. The van der Waals surface area contributed by atoms with Crippen LogP contribution in [0.5, 0.6) is 0 Å². The number of nitrogens with zero attached hydrogens (tertiary/aromatic N) is 2. The monoisotopic (exact) mass is 371 g/mol. The summed E-state index contributed by atoms with van der Waals surface area (Å²) < 4.78 is 38.9. The Labute approximate surface area is 146 Å². The Kier molecular flexibility index (Phi) is 4.51. The number of urea groups is 1. The molecule has 2 saturated heterocycles. The smallest absolute Gasteiger partial charge is 0.394 e. The first-order valence-electron chi connectivity index (χ1n) is 7.92. The lowest BCUT2D eigenvalue weighted by Crippen LogP contribution is -2.43. The third-order valence-electron chi connectivity index (χ3n) is 4.63. The van der Waals surface area contributed by atoms with E-state index in [2.05, 4.69) is 5.32 Å². The van der Waals surface area contributed by atoms with Crippen molar-refractivity contribution in [2.45, 2.75) is 12.6 Å². The van der Waals surface area contributed by atoms with Gasteiger partial charge >= 0.3 is 18.2 Å². The number of aliphatic carboxylic acids is 1. The molecule has 0 spiro atoms. The van der Waals surface area contributed by atoms with Gasteiger partial charge in [0.1, 0.15) is 0 Å². The van der Waals surface area contributed by atoms with E-state index in [0.29, 0.717) is 24.3 Å². The van der Waals surface area contributed by atoms with Crippen LogP contribution in [-0.4, -0.2) is 53.7 Å². The number of carbonyl (C=O) groups is 3. The van der Waals surface area contributed by atoms with E-state index < -0.39 is 43.1 Å². The maximum atomic E-state index is 13.0. The molecule has 2 aliphatic heterocycles. The van der Waals surface area contributed by atoms with Crippen LogP contribution in [0.15, 0.2) is 24.3 Å². The second-order valence-electron chi connectivity index (χ2n) is 6.27. The molecule has 7 nitrogen and oxygen atoms in total. The van der Waals surface area contributed by atoms with Gasteiger partial charge in [0.25, 0.3) is 0 Å². The SMILES string of the molecule is O=C(O)[C@@H]1CN(C(=O)Nc2ccc(N3CCC3=O)cc2)C[C@H]1C(F)(F)F. The summed E-state index contributed by atoms with van der Waals surface area (Å²) in [6.07, 6.45) is -4.21. The lowest BCUT2D eigenvalue weighted by Gasteiger charge is -2.30. The molecule has 26 heavy (non-hydrogen) atoms. The molecule has 0 saturated carbocycles. The number of β-lactam (4-membered cyclic amide) rings is 1. The van der Waals surface area contributed by atoms with Gasteiger partial charge in [0.2, 0.25) is 5.91 Å². The first-order chi connectivity index (χ1) is 12.2. The summed E-state index contributed by atoms with van der Waals surface area (Å²) in [5.41, 5.74) is 1.01. The van der Waals surface area contributed by atoms with Crippen LogP contribution >= 0.6 is 0 Å². The number of hydrogen-bond acceptors (Lipinski definition) is 3. The van der Waals surface area contributed by atoms with Crippen LogP contribution in [0.2, 0.25) is 0 Å². The van der Waals surface area contributed by atoms with Crippen LogP contribution in [0.25, 0.3) is 0 Å². The number of rotatable bonds is 3. The molecule has 2 fully saturated rings. The van der Waals surface area contributed by atoms with E-state index in [0.717, 1.165) is 4.90 Å². The first kappa shape index (κ1) is 18.0. The Morgan fingerprint density at radius 2 is 1.81 bits per heavy atom. The van der Waals surface area contributed by atoms with Gasteiger partial charge in [0.05, 0.1) is 11.8 Å². The summed E-state index contributed by atoms with van der Waals surface area (Å²) in [6, 6.07) is 5.51. The molecule has 1 aromatic rings. The highest BCUT2D eigenvalue weighted by Gasteiger charge is 2.53. The predicted molar refractivity (Wildman–Crippen MR) is 84.7 cm³/mol. The number of anilines is 2. The summed E-state index contributed by atoms with van der Waals surface area (Å²) in [7, 11) is 0. The minimum atomic E-state index is -4.69. The van der Waals surface area contributed by atoms with E-state index in [1.165, 1.54) is 12.1 Å². The zero-order valence-corrected chi connectivity index (χ0v) is 13.5. The third-order valence-corrected chi connectivity index (χ3v) is 4.63. The Bertz CT molecular complexity index is 735.